The Morgan fingerprint density at radius 1 is 0.225 bits per heavy atom. The molecule has 0 aliphatic rings. The average Bonchev–Trinajstić information content (AvgIpc) is 0.833. The summed E-state index contributed by atoms with van der Waals surface area (Å²) < 4.78 is 66.1. The normalized spacial score (nSPS) is 10.8. The summed E-state index contributed by atoms with van der Waals surface area (Å²) in [7, 11) is 0. The van der Waals surface area contributed by atoms with E-state index < -0.39 is 0 Å². The molecular formula is C108H120F5N7. The van der Waals surface area contributed by atoms with Crippen molar-refractivity contribution in [1.82, 2.24) is 0 Å². The molecule has 0 aliphatic heterocycles. The summed E-state index contributed by atoms with van der Waals surface area (Å²) in [6.45, 7) is 4.65. The van der Waals surface area contributed by atoms with E-state index in [1.807, 2.05) is 84.9 Å². The van der Waals surface area contributed by atoms with Gasteiger partial charge >= 0.3 is 0 Å². The molecule has 14 N–H and O–H groups in total. The highest BCUT2D eigenvalue weighted by Crippen LogP contribution is 2.28. The molecule has 7 nitrogen and oxygen atoms in total. The lowest BCUT2D eigenvalue weighted by Crippen LogP contribution is -2.19. The second-order valence-corrected chi connectivity index (χ2v) is 29.7. The van der Waals surface area contributed by atoms with Crippen molar-refractivity contribution in [2.24, 2.45) is 46.1 Å². The minimum atomic E-state index is -0.237. The quantitative estimate of drug-likeness (QED) is 0.0211. The lowest BCUT2D eigenvalue weighted by Gasteiger charge is -2.16. The fourth-order valence-corrected chi connectivity index (χ4v) is 14.4. The van der Waals surface area contributed by atoms with Crippen molar-refractivity contribution in [2.45, 2.75) is 102 Å². The molecule has 14 aromatic rings. The second-order valence-electron chi connectivity index (χ2n) is 29.7. The van der Waals surface area contributed by atoms with Crippen LogP contribution >= 0.6 is 0 Å². The minimum absolute atomic E-state index is 0.143. The number of hydrogen-bond acceptors (Lipinski definition) is 7. The zero-order chi connectivity index (χ0) is 85.0. The van der Waals surface area contributed by atoms with Gasteiger partial charge in [-0.05, 0) is 308 Å². The van der Waals surface area contributed by atoms with Crippen molar-refractivity contribution in [3.63, 3.8) is 0 Å². The molecule has 0 bridgehead atoms. The zero-order valence-corrected chi connectivity index (χ0v) is 69.3. The maximum absolute atomic E-state index is 13.6. The van der Waals surface area contributed by atoms with Crippen LogP contribution < -0.4 is 40.1 Å². The molecule has 0 spiro atoms. The van der Waals surface area contributed by atoms with Gasteiger partial charge in [0.25, 0.3) is 0 Å². The molecular weight excluding hydrogens is 1490 g/mol. The Morgan fingerprint density at radius 2 is 0.550 bits per heavy atom. The number of hydrogen-bond donors (Lipinski definition) is 7. The molecule has 0 heterocycles. The van der Waals surface area contributed by atoms with E-state index in [9.17, 15) is 22.0 Å². The van der Waals surface area contributed by atoms with Gasteiger partial charge in [0, 0.05) is 6.42 Å². The molecule has 14 rings (SSSR count). The van der Waals surface area contributed by atoms with Gasteiger partial charge < -0.3 is 40.1 Å². The van der Waals surface area contributed by atoms with Gasteiger partial charge in [-0.25, -0.2) is 22.0 Å². The van der Waals surface area contributed by atoms with Gasteiger partial charge in [-0.3, -0.25) is 0 Å². The summed E-state index contributed by atoms with van der Waals surface area (Å²) in [5.41, 5.74) is 62.1. The third kappa shape index (κ3) is 34.8. The fourth-order valence-electron chi connectivity index (χ4n) is 14.4. The van der Waals surface area contributed by atoms with Gasteiger partial charge in [-0.1, -0.05) is 309 Å². The maximum atomic E-state index is 13.6. The van der Waals surface area contributed by atoms with Gasteiger partial charge in [0.1, 0.15) is 29.1 Å². The highest BCUT2D eigenvalue weighted by Gasteiger charge is 2.14. The highest BCUT2D eigenvalue weighted by atomic mass is 19.1. The summed E-state index contributed by atoms with van der Waals surface area (Å²) in [6.07, 6.45) is 13.6. The third-order valence-electron chi connectivity index (χ3n) is 20.5. The van der Waals surface area contributed by atoms with Crippen molar-refractivity contribution >= 4 is 0 Å². The molecule has 1 atom stereocenters. The first kappa shape index (κ1) is 93.9. The smallest absolute Gasteiger partial charge is 0.126 e. The van der Waals surface area contributed by atoms with Gasteiger partial charge in [-0.15, -0.1) is 0 Å². The predicted molar refractivity (Wildman–Crippen MR) is 493 cm³/mol. The van der Waals surface area contributed by atoms with Crippen LogP contribution in [-0.4, -0.2) is 45.8 Å². The summed E-state index contributed by atoms with van der Waals surface area (Å²) in [4.78, 5) is 0. The molecule has 14 aromatic carbocycles. The SMILES string of the molecule is NCC(Cc1cccc(F)c1)Cc1cccc(F)c1.NCCC(Cc1ccccc1)c1ccccc1.NCCCc1ccccc1-c1cccc(F)c1.NCCCc1ccccc1Cc1ccccc1.NCCc1ccccc1Cc1cccc(F)c1.NCCc1ccccc1Cc1ccccc1.NCCc1ccccc1Cc1ccccc1F. The van der Waals surface area contributed by atoms with Crippen LogP contribution in [-0.2, 0) is 77.0 Å². The van der Waals surface area contributed by atoms with E-state index in [1.54, 1.807) is 42.5 Å². The molecule has 12 heteroatoms. The molecule has 0 amide bonds. The van der Waals surface area contributed by atoms with E-state index in [1.165, 1.54) is 109 Å². The van der Waals surface area contributed by atoms with Crippen LogP contribution in [0.2, 0.25) is 0 Å². The topological polar surface area (TPSA) is 182 Å². The summed E-state index contributed by atoms with van der Waals surface area (Å²) >= 11 is 0. The lowest BCUT2D eigenvalue weighted by atomic mass is 9.89. The van der Waals surface area contributed by atoms with Crippen molar-refractivity contribution in [1.29, 1.82) is 0 Å². The molecule has 120 heavy (non-hydrogen) atoms. The van der Waals surface area contributed by atoms with Gasteiger partial charge in [0.05, 0.1) is 0 Å². The highest BCUT2D eigenvalue weighted by molar-refractivity contribution is 5.67. The van der Waals surface area contributed by atoms with Crippen LogP contribution in [0.4, 0.5) is 22.0 Å². The standard InChI is InChI=1S/C16H17F2N.2C16H19N.3C15H16FN.C15H17N/c17-15-5-1-3-12(9-15)7-14(11-19)8-13-4-2-6-16(18)10-13;17-12-11-16(15-9-5-2-6-10-15)13-14-7-3-1-4-8-14;17-12-6-11-15-9-4-5-10-16(15)13-14-7-2-1-3-8-14;16-14-8-3-6-13(11-14)15-9-2-1-5-12(15)7-4-10-17;16-15-7-3-4-12(11-15)10-14-6-2-1-5-13(14)8-9-17;16-15-8-4-3-7-14(15)11-13-6-2-1-5-12(13)9-10-17;16-11-10-14-8-4-5-9-15(14)12-13-6-2-1-3-7-13/h1-6,9-10,14H,7-8,11,19H2;1-10,16H,11-13,17H2;1-5,7-10H,6,11-13,17H2;1-3,5-6,8-9,11H,4,7,10,17H2;1-7,11H,8-10,17H2;1-8H,9-11,17H2;1-9H,10-12,16H2. The number of nitrogens with two attached hydrogens (primary N) is 7. The Balaban J connectivity index is 0.000000174. The van der Waals surface area contributed by atoms with Gasteiger partial charge in [0.15, 0.2) is 0 Å². The zero-order valence-electron chi connectivity index (χ0n) is 69.3. The summed E-state index contributed by atoms with van der Waals surface area (Å²) in [5, 5.41) is 0. The first-order valence-electron chi connectivity index (χ1n) is 41.9. The van der Waals surface area contributed by atoms with E-state index in [2.05, 4.69) is 194 Å². The number of benzene rings is 14. The number of rotatable bonds is 31. The minimum Gasteiger partial charge on any atom is -0.330 e. The Kier molecular flexibility index (Phi) is 43.3. The summed E-state index contributed by atoms with van der Waals surface area (Å²) in [6, 6.07) is 117. The average molecular weight is 1610 g/mol. The second kappa shape index (κ2) is 55.3. The van der Waals surface area contributed by atoms with Crippen LogP contribution in [0.5, 0.6) is 0 Å². The van der Waals surface area contributed by atoms with Crippen molar-refractivity contribution < 1.29 is 22.0 Å². The first-order valence-corrected chi connectivity index (χ1v) is 41.9. The summed E-state index contributed by atoms with van der Waals surface area (Å²) in [5.74, 6) is -0.282. The van der Waals surface area contributed by atoms with E-state index in [-0.39, 0.29) is 35.0 Å². The lowest BCUT2D eigenvalue weighted by molar-refractivity contribution is 0.527. The Bertz CT molecular complexity index is 5080. The predicted octanol–water partition coefficient (Wildman–Crippen LogP) is 21.9. The van der Waals surface area contributed by atoms with Crippen molar-refractivity contribution in [2.75, 3.05) is 45.8 Å². The molecule has 0 saturated carbocycles. The Morgan fingerprint density at radius 3 is 0.958 bits per heavy atom. The largest absolute Gasteiger partial charge is 0.330 e. The fraction of sp³-hybridized carbons (Fsp3) is 0.222. The van der Waals surface area contributed by atoms with E-state index in [0.717, 1.165) is 129 Å². The maximum Gasteiger partial charge on any atom is 0.126 e. The van der Waals surface area contributed by atoms with Crippen molar-refractivity contribution in [3.05, 3.63) is 488 Å². The van der Waals surface area contributed by atoms with Crippen LogP contribution in [0.15, 0.2) is 364 Å². The van der Waals surface area contributed by atoms with Crippen LogP contribution in [0.1, 0.15) is 120 Å². The van der Waals surface area contributed by atoms with Gasteiger partial charge in [-0.2, -0.15) is 0 Å². The third-order valence-corrected chi connectivity index (χ3v) is 20.5. The molecule has 622 valence electrons. The van der Waals surface area contributed by atoms with E-state index >= 15 is 0 Å². The number of aryl methyl sites for hydroxylation is 2. The molecule has 0 saturated heterocycles. The first-order chi connectivity index (χ1) is 58.8. The number of halogens is 5. The van der Waals surface area contributed by atoms with Crippen LogP contribution in [0.25, 0.3) is 11.1 Å². The molecule has 0 aromatic heterocycles. The molecule has 1 unspecified atom stereocenters. The van der Waals surface area contributed by atoms with Gasteiger partial charge in [0.2, 0.25) is 0 Å². The molecule has 0 radical (unpaired) electrons. The Hall–Kier alpha value is -11.6. The monoisotopic (exact) mass is 1610 g/mol. The van der Waals surface area contributed by atoms with Crippen LogP contribution in [0.3, 0.4) is 0 Å². The van der Waals surface area contributed by atoms with Crippen LogP contribution in [0, 0.1) is 35.0 Å². The van der Waals surface area contributed by atoms with Crippen molar-refractivity contribution in [3.8, 4) is 11.1 Å². The molecule has 0 fully saturated rings. The molecule has 0 aliphatic carbocycles. The van der Waals surface area contributed by atoms with E-state index in [4.69, 9.17) is 40.1 Å². The Labute approximate surface area is 710 Å². The van der Waals surface area contributed by atoms with E-state index in [0.29, 0.717) is 57.9 Å².